The van der Waals surface area contributed by atoms with Gasteiger partial charge in [0.05, 0.1) is 18.0 Å². The minimum Gasteiger partial charge on any atom is -0.494 e. The second-order valence-corrected chi connectivity index (χ2v) is 11.0. The molecule has 0 saturated carbocycles. The SMILES string of the molecule is CC(C)(C)OC(=O)CCCOc1cccc(Cc2nc3c(Cc4ccccc4)nc(-c4ccccc4)cn3c2O)c1. The number of aromatic hydroxyl groups is 1. The smallest absolute Gasteiger partial charge is 0.306 e. The molecule has 2 aromatic heterocycles. The van der Waals surface area contributed by atoms with E-state index in [0.717, 1.165) is 28.1 Å². The van der Waals surface area contributed by atoms with E-state index in [1.54, 1.807) is 4.40 Å². The van der Waals surface area contributed by atoms with Crippen molar-refractivity contribution >= 4 is 11.6 Å². The summed E-state index contributed by atoms with van der Waals surface area (Å²) in [6.07, 6.45) is 3.72. The Kier molecular flexibility index (Phi) is 8.34. The van der Waals surface area contributed by atoms with E-state index >= 15 is 0 Å². The fourth-order valence-electron chi connectivity index (χ4n) is 4.66. The zero-order valence-corrected chi connectivity index (χ0v) is 23.7. The number of benzene rings is 3. The first-order valence-corrected chi connectivity index (χ1v) is 13.9. The standard InChI is InChI=1S/C34H35N3O4/c1-34(2,3)41-31(38)18-11-19-40-27-17-10-14-25(20-27)22-29-33(39)37-23-30(26-15-8-5-9-16-26)35-28(32(37)36-29)21-24-12-6-4-7-13-24/h4-10,12-17,20,23,39H,11,18-19,21-22H2,1-3H3. The summed E-state index contributed by atoms with van der Waals surface area (Å²) < 4.78 is 13.0. The van der Waals surface area contributed by atoms with Crippen LogP contribution in [0.5, 0.6) is 11.6 Å². The first kappa shape index (κ1) is 27.9. The molecule has 5 rings (SSSR count). The molecule has 0 spiro atoms. The van der Waals surface area contributed by atoms with Crippen molar-refractivity contribution in [1.29, 1.82) is 0 Å². The monoisotopic (exact) mass is 549 g/mol. The highest BCUT2D eigenvalue weighted by Crippen LogP contribution is 2.29. The maximum absolute atomic E-state index is 11.9. The highest BCUT2D eigenvalue weighted by atomic mass is 16.6. The summed E-state index contributed by atoms with van der Waals surface area (Å²) in [5, 5.41) is 11.3. The average Bonchev–Trinajstić information content (AvgIpc) is 3.26. The molecule has 2 heterocycles. The van der Waals surface area contributed by atoms with Crippen molar-refractivity contribution in [2.45, 2.75) is 52.1 Å². The van der Waals surface area contributed by atoms with Crippen LogP contribution >= 0.6 is 0 Å². The molecule has 0 amide bonds. The topological polar surface area (TPSA) is 86.0 Å². The van der Waals surface area contributed by atoms with Crippen LogP contribution in [-0.4, -0.2) is 37.7 Å². The first-order valence-electron chi connectivity index (χ1n) is 13.9. The molecule has 0 unspecified atom stereocenters. The fourth-order valence-corrected chi connectivity index (χ4v) is 4.66. The molecular weight excluding hydrogens is 514 g/mol. The Hall–Kier alpha value is -4.65. The van der Waals surface area contributed by atoms with Gasteiger partial charge in [-0.05, 0) is 50.5 Å². The second-order valence-electron chi connectivity index (χ2n) is 11.0. The lowest BCUT2D eigenvalue weighted by molar-refractivity contribution is -0.155. The molecule has 0 aliphatic heterocycles. The van der Waals surface area contributed by atoms with Crippen LogP contribution in [0.2, 0.25) is 0 Å². The van der Waals surface area contributed by atoms with Crippen molar-refractivity contribution in [3.8, 4) is 22.9 Å². The summed E-state index contributed by atoms with van der Waals surface area (Å²) in [5.74, 6) is 0.569. The van der Waals surface area contributed by atoms with Gasteiger partial charge in [0.25, 0.3) is 0 Å². The number of carbonyl (C=O) groups excluding carboxylic acids is 1. The third-order valence-corrected chi connectivity index (χ3v) is 6.49. The second kappa shape index (κ2) is 12.3. The van der Waals surface area contributed by atoms with Crippen molar-refractivity contribution in [2.75, 3.05) is 6.61 Å². The molecule has 7 nitrogen and oxygen atoms in total. The van der Waals surface area contributed by atoms with Crippen molar-refractivity contribution in [3.63, 3.8) is 0 Å². The molecule has 3 aromatic carbocycles. The van der Waals surface area contributed by atoms with Crippen molar-refractivity contribution in [2.24, 2.45) is 0 Å². The summed E-state index contributed by atoms with van der Waals surface area (Å²) in [6.45, 7) is 5.98. The van der Waals surface area contributed by atoms with Crippen LogP contribution in [0.25, 0.3) is 16.9 Å². The first-order chi connectivity index (χ1) is 19.7. The Labute approximate surface area is 240 Å². The molecule has 7 heteroatoms. The number of esters is 1. The van der Waals surface area contributed by atoms with Crippen LogP contribution in [0.3, 0.4) is 0 Å². The summed E-state index contributed by atoms with van der Waals surface area (Å²) in [4.78, 5) is 21.8. The summed E-state index contributed by atoms with van der Waals surface area (Å²) in [7, 11) is 0. The molecule has 0 aliphatic rings. The van der Waals surface area contributed by atoms with E-state index in [9.17, 15) is 9.90 Å². The average molecular weight is 550 g/mol. The molecule has 0 aliphatic carbocycles. The molecule has 1 N–H and O–H groups in total. The number of rotatable bonds is 10. The number of hydrogen-bond donors (Lipinski definition) is 1. The zero-order valence-electron chi connectivity index (χ0n) is 23.7. The van der Waals surface area contributed by atoms with E-state index in [-0.39, 0.29) is 11.8 Å². The quantitative estimate of drug-likeness (QED) is 0.153. The van der Waals surface area contributed by atoms with Crippen molar-refractivity contribution in [1.82, 2.24) is 14.4 Å². The lowest BCUT2D eigenvalue weighted by atomic mass is 10.1. The number of aromatic nitrogens is 3. The van der Waals surface area contributed by atoms with Gasteiger partial charge in [0.1, 0.15) is 17.0 Å². The Morgan fingerprint density at radius 2 is 1.54 bits per heavy atom. The lowest BCUT2D eigenvalue weighted by Crippen LogP contribution is -2.23. The van der Waals surface area contributed by atoms with Gasteiger partial charge in [-0.2, -0.15) is 0 Å². The normalized spacial score (nSPS) is 11.5. The third kappa shape index (κ3) is 7.31. The Balaban J connectivity index is 1.36. The van der Waals surface area contributed by atoms with Crippen LogP contribution in [0.1, 0.15) is 56.1 Å². The summed E-state index contributed by atoms with van der Waals surface area (Å²) in [6, 6.07) is 27.8. The Bertz CT molecular complexity index is 1620. The Morgan fingerprint density at radius 1 is 0.854 bits per heavy atom. The van der Waals surface area contributed by atoms with Gasteiger partial charge in [0, 0.05) is 31.0 Å². The number of hydrogen-bond acceptors (Lipinski definition) is 6. The molecule has 0 fully saturated rings. The van der Waals surface area contributed by atoms with Crippen LogP contribution in [0.4, 0.5) is 0 Å². The fraction of sp³-hybridized carbons (Fsp3) is 0.265. The highest BCUT2D eigenvalue weighted by molar-refractivity contribution is 5.69. The van der Waals surface area contributed by atoms with E-state index in [1.807, 2.05) is 99.8 Å². The lowest BCUT2D eigenvalue weighted by Gasteiger charge is -2.19. The minimum absolute atomic E-state index is 0.0950. The minimum atomic E-state index is -0.489. The molecule has 0 radical (unpaired) electrons. The van der Waals surface area contributed by atoms with Gasteiger partial charge < -0.3 is 14.6 Å². The highest BCUT2D eigenvalue weighted by Gasteiger charge is 2.19. The van der Waals surface area contributed by atoms with Gasteiger partial charge in [0.2, 0.25) is 5.88 Å². The number of carbonyl (C=O) groups is 1. The van der Waals surface area contributed by atoms with Crippen molar-refractivity contribution < 1.29 is 19.4 Å². The maximum atomic E-state index is 11.9. The van der Waals surface area contributed by atoms with E-state index in [2.05, 4.69) is 12.1 Å². The van der Waals surface area contributed by atoms with Gasteiger partial charge in [-0.3, -0.25) is 9.20 Å². The van der Waals surface area contributed by atoms with E-state index in [1.165, 1.54) is 0 Å². The van der Waals surface area contributed by atoms with Gasteiger partial charge >= 0.3 is 5.97 Å². The Morgan fingerprint density at radius 3 is 2.27 bits per heavy atom. The maximum Gasteiger partial charge on any atom is 0.306 e. The number of fused-ring (bicyclic) bond motifs is 1. The zero-order chi connectivity index (χ0) is 28.8. The van der Waals surface area contributed by atoms with Gasteiger partial charge in [0.15, 0.2) is 5.65 Å². The van der Waals surface area contributed by atoms with Crippen LogP contribution in [0.15, 0.2) is 91.1 Å². The molecular formula is C34H35N3O4. The molecule has 41 heavy (non-hydrogen) atoms. The van der Waals surface area contributed by atoms with Crippen LogP contribution in [-0.2, 0) is 22.4 Å². The molecule has 0 saturated heterocycles. The molecule has 210 valence electrons. The number of nitrogens with zero attached hydrogens (tertiary/aromatic N) is 3. The predicted molar refractivity (Wildman–Crippen MR) is 159 cm³/mol. The van der Waals surface area contributed by atoms with E-state index in [4.69, 9.17) is 19.4 Å². The van der Waals surface area contributed by atoms with Crippen LogP contribution < -0.4 is 4.74 Å². The van der Waals surface area contributed by atoms with E-state index in [0.29, 0.717) is 49.4 Å². The number of imidazole rings is 1. The van der Waals surface area contributed by atoms with Gasteiger partial charge in [-0.25, -0.2) is 9.97 Å². The predicted octanol–water partition coefficient (Wildman–Crippen LogP) is 6.78. The summed E-state index contributed by atoms with van der Waals surface area (Å²) >= 11 is 0. The van der Waals surface area contributed by atoms with E-state index < -0.39 is 5.60 Å². The number of ether oxygens (including phenoxy) is 2. The molecule has 5 aromatic rings. The molecule has 0 atom stereocenters. The molecule has 0 bridgehead atoms. The van der Waals surface area contributed by atoms with Gasteiger partial charge in [-0.1, -0.05) is 72.8 Å². The summed E-state index contributed by atoms with van der Waals surface area (Å²) in [5.41, 5.74) is 5.31. The van der Waals surface area contributed by atoms with Crippen molar-refractivity contribution in [3.05, 3.63) is 114 Å². The van der Waals surface area contributed by atoms with Crippen LogP contribution in [0, 0.1) is 0 Å². The third-order valence-electron chi connectivity index (χ3n) is 6.49. The largest absolute Gasteiger partial charge is 0.494 e. The van der Waals surface area contributed by atoms with Gasteiger partial charge in [-0.15, -0.1) is 0 Å².